The number of hydrogen-bond donors (Lipinski definition) is 2. The van der Waals surface area contributed by atoms with Crippen LogP contribution < -0.4 is 15.8 Å². The number of amides is 2. The Hall–Kier alpha value is -2.60. The molecule has 6 nitrogen and oxygen atoms in total. The summed E-state index contributed by atoms with van der Waals surface area (Å²) in [6.45, 7) is 3.97. The minimum absolute atomic E-state index is 0.167. The third-order valence-corrected chi connectivity index (χ3v) is 3.26. The molecule has 0 bridgehead atoms. The van der Waals surface area contributed by atoms with Gasteiger partial charge in [0.05, 0.1) is 17.9 Å². The molecule has 2 rings (SSSR count). The van der Waals surface area contributed by atoms with E-state index >= 15 is 0 Å². The molecule has 120 valence electrons. The Labute approximate surface area is 138 Å². The molecule has 2 amide bonds. The molecule has 7 heteroatoms. The summed E-state index contributed by atoms with van der Waals surface area (Å²) in [5, 5.41) is 3.00. The second kappa shape index (κ2) is 7.11. The van der Waals surface area contributed by atoms with Gasteiger partial charge >= 0.3 is 0 Å². The molecular formula is C16H16ClN3O3. The van der Waals surface area contributed by atoms with Crippen molar-refractivity contribution in [2.75, 3.05) is 11.9 Å². The van der Waals surface area contributed by atoms with E-state index in [0.29, 0.717) is 11.6 Å². The van der Waals surface area contributed by atoms with Crippen molar-refractivity contribution < 1.29 is 14.3 Å². The number of benzene rings is 1. The number of halogens is 1. The molecule has 1 aromatic heterocycles. The number of pyridine rings is 1. The molecule has 3 N–H and O–H groups in total. The van der Waals surface area contributed by atoms with Gasteiger partial charge in [0.15, 0.2) is 0 Å². The number of nitrogens with two attached hydrogens (primary N) is 1. The third-order valence-electron chi connectivity index (χ3n) is 3.02. The van der Waals surface area contributed by atoms with Gasteiger partial charge in [0, 0.05) is 10.7 Å². The zero-order chi connectivity index (χ0) is 17.0. The van der Waals surface area contributed by atoms with Gasteiger partial charge in [-0.15, -0.1) is 0 Å². The zero-order valence-electron chi connectivity index (χ0n) is 12.7. The van der Waals surface area contributed by atoms with Crippen molar-refractivity contribution in [3.63, 3.8) is 0 Å². The molecule has 2 aromatic rings. The van der Waals surface area contributed by atoms with Crippen LogP contribution in [0.25, 0.3) is 0 Å². The second-order valence-corrected chi connectivity index (χ2v) is 5.18. The summed E-state index contributed by atoms with van der Waals surface area (Å²) in [6.07, 6.45) is 0. The highest BCUT2D eigenvalue weighted by Crippen LogP contribution is 2.23. The van der Waals surface area contributed by atoms with Crippen LogP contribution in [-0.2, 0) is 0 Å². The lowest BCUT2D eigenvalue weighted by molar-refractivity contribution is 0.100. The van der Waals surface area contributed by atoms with Crippen LogP contribution in [0.15, 0.2) is 30.3 Å². The van der Waals surface area contributed by atoms with Crippen molar-refractivity contribution in [2.24, 2.45) is 5.73 Å². The maximum atomic E-state index is 12.5. The first-order valence-electron chi connectivity index (χ1n) is 6.93. The molecule has 0 atom stereocenters. The largest absolute Gasteiger partial charge is 0.477 e. The fourth-order valence-electron chi connectivity index (χ4n) is 1.98. The van der Waals surface area contributed by atoms with Crippen LogP contribution in [0, 0.1) is 6.92 Å². The van der Waals surface area contributed by atoms with Crippen LogP contribution in [0.1, 0.15) is 33.3 Å². The normalized spacial score (nSPS) is 10.2. The summed E-state index contributed by atoms with van der Waals surface area (Å²) in [5.74, 6) is -0.901. The fourth-order valence-corrected chi connectivity index (χ4v) is 2.15. The first kappa shape index (κ1) is 16.8. The Kier molecular flexibility index (Phi) is 5.18. The maximum absolute atomic E-state index is 12.5. The monoisotopic (exact) mass is 333 g/mol. The standard InChI is InChI=1S/C16H16ClN3O3/c1-3-23-16-12(6-4-9(2)19-16)15(22)20-13-8-10(17)5-7-11(13)14(18)21/h4-8H,3H2,1-2H3,(H2,18,21)(H,20,22). The summed E-state index contributed by atoms with van der Waals surface area (Å²) in [6, 6.07) is 7.75. The fraction of sp³-hybridized carbons (Fsp3) is 0.188. The Morgan fingerprint density at radius 2 is 1.96 bits per heavy atom. The number of ether oxygens (including phenoxy) is 1. The topological polar surface area (TPSA) is 94.3 Å². The molecule has 0 radical (unpaired) electrons. The summed E-state index contributed by atoms with van der Waals surface area (Å²) < 4.78 is 5.39. The Morgan fingerprint density at radius 1 is 1.26 bits per heavy atom. The van der Waals surface area contributed by atoms with Crippen molar-refractivity contribution in [1.82, 2.24) is 4.98 Å². The highest BCUT2D eigenvalue weighted by atomic mass is 35.5. The van der Waals surface area contributed by atoms with Crippen molar-refractivity contribution in [3.8, 4) is 5.88 Å². The maximum Gasteiger partial charge on any atom is 0.261 e. The average Bonchev–Trinajstić information content (AvgIpc) is 2.47. The zero-order valence-corrected chi connectivity index (χ0v) is 13.5. The number of nitrogens with zero attached hydrogens (tertiary/aromatic N) is 1. The van der Waals surface area contributed by atoms with E-state index < -0.39 is 11.8 Å². The van der Waals surface area contributed by atoms with Crippen molar-refractivity contribution in [1.29, 1.82) is 0 Å². The number of primary amides is 1. The van der Waals surface area contributed by atoms with Gasteiger partial charge in [0.1, 0.15) is 5.56 Å². The molecule has 0 aliphatic carbocycles. The van der Waals surface area contributed by atoms with Gasteiger partial charge in [-0.1, -0.05) is 11.6 Å². The number of rotatable bonds is 5. The van der Waals surface area contributed by atoms with Crippen LogP contribution >= 0.6 is 11.6 Å². The van der Waals surface area contributed by atoms with Crippen molar-refractivity contribution in [3.05, 3.63) is 52.2 Å². The van der Waals surface area contributed by atoms with E-state index in [1.165, 1.54) is 18.2 Å². The predicted molar refractivity (Wildman–Crippen MR) is 88.1 cm³/mol. The molecule has 0 aliphatic heterocycles. The van der Waals surface area contributed by atoms with Gasteiger partial charge in [-0.25, -0.2) is 4.98 Å². The molecular weight excluding hydrogens is 318 g/mol. The Bertz CT molecular complexity index is 762. The Balaban J connectivity index is 2.36. The summed E-state index contributed by atoms with van der Waals surface area (Å²) in [4.78, 5) is 28.1. The second-order valence-electron chi connectivity index (χ2n) is 4.75. The van der Waals surface area contributed by atoms with Gasteiger partial charge in [0.2, 0.25) is 5.88 Å². The summed E-state index contributed by atoms with van der Waals surface area (Å²) >= 11 is 5.91. The molecule has 0 fully saturated rings. The van der Waals surface area contributed by atoms with Crippen LogP contribution in [0.4, 0.5) is 5.69 Å². The number of aryl methyl sites for hydroxylation is 1. The molecule has 0 saturated carbocycles. The molecule has 1 aromatic carbocycles. The van der Waals surface area contributed by atoms with Gasteiger partial charge < -0.3 is 15.8 Å². The lowest BCUT2D eigenvalue weighted by Gasteiger charge is -2.12. The molecule has 0 saturated heterocycles. The van der Waals surface area contributed by atoms with Gasteiger partial charge in [-0.3, -0.25) is 9.59 Å². The molecule has 1 heterocycles. The van der Waals surface area contributed by atoms with E-state index in [4.69, 9.17) is 22.1 Å². The smallest absolute Gasteiger partial charge is 0.261 e. The SMILES string of the molecule is CCOc1nc(C)ccc1C(=O)Nc1cc(Cl)ccc1C(N)=O. The van der Waals surface area contributed by atoms with E-state index in [1.54, 1.807) is 26.0 Å². The molecule has 0 unspecified atom stereocenters. The van der Waals surface area contributed by atoms with Gasteiger partial charge in [-0.05, 0) is 44.2 Å². The van der Waals surface area contributed by atoms with Gasteiger partial charge in [-0.2, -0.15) is 0 Å². The summed E-state index contributed by atoms with van der Waals surface area (Å²) in [7, 11) is 0. The number of hydrogen-bond acceptors (Lipinski definition) is 4. The quantitative estimate of drug-likeness (QED) is 0.879. The Morgan fingerprint density at radius 3 is 2.61 bits per heavy atom. The average molecular weight is 334 g/mol. The van der Waals surface area contributed by atoms with Crippen molar-refractivity contribution >= 4 is 29.1 Å². The highest BCUT2D eigenvalue weighted by molar-refractivity contribution is 6.31. The molecule has 0 aliphatic rings. The first-order valence-corrected chi connectivity index (χ1v) is 7.31. The number of carbonyl (C=O) groups is 2. The first-order chi connectivity index (χ1) is 10.9. The van der Waals surface area contributed by atoms with E-state index in [0.717, 1.165) is 5.69 Å². The minimum Gasteiger partial charge on any atom is -0.477 e. The van der Waals surface area contributed by atoms with Crippen LogP contribution in [0.3, 0.4) is 0 Å². The van der Waals surface area contributed by atoms with E-state index in [-0.39, 0.29) is 22.7 Å². The lowest BCUT2D eigenvalue weighted by Crippen LogP contribution is -2.19. The highest BCUT2D eigenvalue weighted by Gasteiger charge is 2.17. The number of anilines is 1. The molecule has 0 spiro atoms. The molecule has 23 heavy (non-hydrogen) atoms. The third kappa shape index (κ3) is 3.98. The predicted octanol–water partition coefficient (Wildman–Crippen LogP) is 2.79. The van der Waals surface area contributed by atoms with Crippen molar-refractivity contribution in [2.45, 2.75) is 13.8 Å². The number of carbonyl (C=O) groups excluding carboxylic acids is 2. The van der Waals surface area contributed by atoms with E-state index in [1.807, 2.05) is 0 Å². The lowest BCUT2D eigenvalue weighted by atomic mass is 10.1. The number of aromatic nitrogens is 1. The number of nitrogens with one attached hydrogen (secondary N) is 1. The summed E-state index contributed by atoms with van der Waals surface area (Å²) in [5.41, 5.74) is 6.69. The van der Waals surface area contributed by atoms with Crippen LogP contribution in [0.2, 0.25) is 5.02 Å². The minimum atomic E-state index is -0.663. The van der Waals surface area contributed by atoms with Gasteiger partial charge in [0.25, 0.3) is 11.8 Å². The van der Waals surface area contributed by atoms with Crippen LogP contribution in [-0.4, -0.2) is 23.4 Å². The van der Waals surface area contributed by atoms with E-state index in [9.17, 15) is 9.59 Å². The van der Waals surface area contributed by atoms with E-state index in [2.05, 4.69) is 10.3 Å². The van der Waals surface area contributed by atoms with Crippen LogP contribution in [0.5, 0.6) is 5.88 Å².